The molecule has 146 valence electrons. The number of carbonyl (C=O) groups is 1. The smallest absolute Gasteiger partial charge is 0.253 e. The summed E-state index contributed by atoms with van der Waals surface area (Å²) < 4.78 is 0. The van der Waals surface area contributed by atoms with Crippen LogP contribution in [0.4, 0.5) is 0 Å². The van der Waals surface area contributed by atoms with Gasteiger partial charge in [0.1, 0.15) is 5.82 Å². The number of rotatable bonds is 7. The summed E-state index contributed by atoms with van der Waals surface area (Å²) in [5.74, 6) is 0.762. The number of aromatic nitrogens is 2. The van der Waals surface area contributed by atoms with Crippen molar-refractivity contribution in [2.75, 3.05) is 7.05 Å². The van der Waals surface area contributed by atoms with Gasteiger partial charge in [0.2, 0.25) is 0 Å². The fraction of sp³-hybridized carbons (Fsp3) is 0.167. The number of benzene rings is 3. The molecule has 0 radical (unpaired) electrons. The van der Waals surface area contributed by atoms with E-state index in [-0.39, 0.29) is 5.91 Å². The lowest BCUT2D eigenvalue weighted by molar-refractivity contribution is 0.0782. The van der Waals surface area contributed by atoms with E-state index in [1.165, 1.54) is 5.56 Å². The molecule has 0 aliphatic carbocycles. The van der Waals surface area contributed by atoms with Gasteiger partial charge in [-0.25, -0.2) is 4.98 Å². The topological polar surface area (TPSA) is 61.0 Å². The van der Waals surface area contributed by atoms with Crippen molar-refractivity contribution in [2.45, 2.75) is 19.6 Å². The number of para-hydroxylation sites is 2. The fourth-order valence-electron chi connectivity index (χ4n) is 3.31. The third-order valence-electron chi connectivity index (χ3n) is 4.87. The van der Waals surface area contributed by atoms with Crippen LogP contribution in [0.1, 0.15) is 27.3 Å². The fourth-order valence-corrected chi connectivity index (χ4v) is 3.31. The second kappa shape index (κ2) is 8.71. The van der Waals surface area contributed by atoms with Crippen molar-refractivity contribution in [1.29, 1.82) is 0 Å². The van der Waals surface area contributed by atoms with Crippen LogP contribution in [0.3, 0.4) is 0 Å². The monoisotopic (exact) mass is 384 g/mol. The second-order valence-electron chi connectivity index (χ2n) is 7.15. The van der Waals surface area contributed by atoms with Gasteiger partial charge in [0, 0.05) is 25.7 Å². The van der Waals surface area contributed by atoms with Gasteiger partial charge >= 0.3 is 0 Å². The molecule has 0 aliphatic rings. The molecule has 3 aromatic carbocycles. The Labute approximate surface area is 170 Å². The van der Waals surface area contributed by atoms with Gasteiger partial charge in [-0.3, -0.25) is 4.79 Å². The Morgan fingerprint density at radius 3 is 2.28 bits per heavy atom. The van der Waals surface area contributed by atoms with Gasteiger partial charge in [0.05, 0.1) is 17.6 Å². The Morgan fingerprint density at radius 2 is 1.55 bits per heavy atom. The number of imidazole rings is 1. The summed E-state index contributed by atoms with van der Waals surface area (Å²) in [7, 11) is 1.80. The molecule has 1 heterocycles. The van der Waals surface area contributed by atoms with E-state index in [1.54, 1.807) is 11.9 Å². The highest BCUT2D eigenvalue weighted by molar-refractivity contribution is 5.94. The molecule has 0 saturated heterocycles. The first-order valence-corrected chi connectivity index (χ1v) is 9.72. The summed E-state index contributed by atoms with van der Waals surface area (Å²) in [6, 6.07) is 25.9. The molecule has 0 fully saturated rings. The lowest BCUT2D eigenvalue weighted by atomic mass is 10.1. The summed E-state index contributed by atoms with van der Waals surface area (Å²) >= 11 is 0. The Kier molecular flexibility index (Phi) is 5.68. The van der Waals surface area contributed by atoms with Crippen molar-refractivity contribution < 1.29 is 4.79 Å². The van der Waals surface area contributed by atoms with Crippen LogP contribution < -0.4 is 5.32 Å². The average Bonchev–Trinajstić information content (AvgIpc) is 3.17. The molecule has 5 nitrogen and oxygen atoms in total. The SMILES string of the molecule is CN(Cc1nc2ccccc2[nH]1)C(=O)c1ccc(CNCc2ccccc2)cc1. The van der Waals surface area contributed by atoms with Crippen LogP contribution in [0.5, 0.6) is 0 Å². The lowest BCUT2D eigenvalue weighted by Gasteiger charge is -2.16. The number of hydrogen-bond donors (Lipinski definition) is 2. The predicted octanol–water partition coefficient (Wildman–Crippen LogP) is 4.12. The number of amides is 1. The van der Waals surface area contributed by atoms with E-state index in [9.17, 15) is 4.79 Å². The Morgan fingerprint density at radius 1 is 0.897 bits per heavy atom. The van der Waals surface area contributed by atoms with Crippen molar-refractivity contribution >= 4 is 16.9 Å². The van der Waals surface area contributed by atoms with Gasteiger partial charge in [-0.15, -0.1) is 0 Å². The molecule has 0 unspecified atom stereocenters. The summed E-state index contributed by atoms with van der Waals surface area (Å²) in [5.41, 5.74) is 4.98. The Hall–Kier alpha value is -3.44. The summed E-state index contributed by atoms with van der Waals surface area (Å²) in [4.78, 5) is 22.2. The molecule has 5 heteroatoms. The van der Waals surface area contributed by atoms with Crippen LogP contribution in [0.2, 0.25) is 0 Å². The molecule has 4 aromatic rings. The van der Waals surface area contributed by atoms with E-state index in [0.29, 0.717) is 12.1 Å². The normalized spacial score (nSPS) is 10.9. The highest BCUT2D eigenvalue weighted by atomic mass is 16.2. The molecule has 29 heavy (non-hydrogen) atoms. The maximum absolute atomic E-state index is 12.7. The summed E-state index contributed by atoms with van der Waals surface area (Å²) in [6.07, 6.45) is 0. The third kappa shape index (κ3) is 4.70. The van der Waals surface area contributed by atoms with Crippen LogP contribution in [-0.4, -0.2) is 27.8 Å². The molecule has 1 amide bonds. The highest BCUT2D eigenvalue weighted by Gasteiger charge is 2.14. The molecule has 0 saturated carbocycles. The molecular formula is C24H24N4O. The standard InChI is InChI=1S/C24H24N4O/c1-28(17-23-26-21-9-5-6-10-22(21)27-23)24(29)20-13-11-19(12-14-20)16-25-15-18-7-3-2-4-8-18/h2-14,25H,15-17H2,1H3,(H,26,27). The van der Waals surface area contributed by atoms with Crippen LogP contribution in [0.15, 0.2) is 78.9 Å². The van der Waals surface area contributed by atoms with Crippen molar-refractivity contribution in [3.63, 3.8) is 0 Å². The maximum Gasteiger partial charge on any atom is 0.253 e. The first-order valence-electron chi connectivity index (χ1n) is 9.72. The number of nitrogens with one attached hydrogen (secondary N) is 2. The lowest BCUT2D eigenvalue weighted by Crippen LogP contribution is -2.26. The highest BCUT2D eigenvalue weighted by Crippen LogP contribution is 2.13. The first-order chi connectivity index (χ1) is 14.2. The van der Waals surface area contributed by atoms with Gasteiger partial charge in [-0.2, -0.15) is 0 Å². The van der Waals surface area contributed by atoms with E-state index >= 15 is 0 Å². The Balaban J connectivity index is 1.33. The summed E-state index contributed by atoms with van der Waals surface area (Å²) in [5, 5.41) is 3.43. The minimum absolute atomic E-state index is 0.0192. The van der Waals surface area contributed by atoms with Gasteiger partial charge in [0.25, 0.3) is 5.91 Å². The minimum Gasteiger partial charge on any atom is -0.340 e. The number of aromatic amines is 1. The first kappa shape index (κ1) is 18.9. The number of nitrogens with zero attached hydrogens (tertiary/aromatic N) is 2. The summed E-state index contributed by atoms with van der Waals surface area (Å²) in [6.45, 7) is 2.02. The molecule has 0 aliphatic heterocycles. The largest absolute Gasteiger partial charge is 0.340 e. The van der Waals surface area contributed by atoms with E-state index in [0.717, 1.165) is 35.5 Å². The van der Waals surface area contributed by atoms with Gasteiger partial charge in [0.15, 0.2) is 0 Å². The van der Waals surface area contributed by atoms with Crippen molar-refractivity contribution in [1.82, 2.24) is 20.2 Å². The van der Waals surface area contributed by atoms with Crippen molar-refractivity contribution in [3.05, 3.63) is 101 Å². The van der Waals surface area contributed by atoms with E-state index < -0.39 is 0 Å². The predicted molar refractivity (Wildman–Crippen MR) is 115 cm³/mol. The molecule has 0 bridgehead atoms. The van der Waals surface area contributed by atoms with Gasteiger partial charge in [-0.05, 0) is 35.4 Å². The zero-order valence-corrected chi connectivity index (χ0v) is 16.4. The number of H-pyrrole nitrogens is 1. The zero-order chi connectivity index (χ0) is 20.1. The van der Waals surface area contributed by atoms with Crippen LogP contribution >= 0.6 is 0 Å². The average molecular weight is 384 g/mol. The minimum atomic E-state index is -0.0192. The molecule has 4 rings (SSSR count). The molecular weight excluding hydrogens is 360 g/mol. The van der Waals surface area contributed by atoms with E-state index in [2.05, 4.69) is 27.4 Å². The molecule has 0 spiro atoms. The van der Waals surface area contributed by atoms with Crippen LogP contribution in [-0.2, 0) is 19.6 Å². The van der Waals surface area contributed by atoms with Crippen molar-refractivity contribution in [3.8, 4) is 0 Å². The zero-order valence-electron chi connectivity index (χ0n) is 16.4. The van der Waals surface area contributed by atoms with Crippen molar-refractivity contribution in [2.24, 2.45) is 0 Å². The Bertz CT molecular complexity index is 1050. The molecule has 1 aromatic heterocycles. The second-order valence-corrected chi connectivity index (χ2v) is 7.15. The maximum atomic E-state index is 12.7. The van der Waals surface area contributed by atoms with Gasteiger partial charge < -0.3 is 15.2 Å². The number of hydrogen-bond acceptors (Lipinski definition) is 3. The van der Waals surface area contributed by atoms with E-state index in [1.807, 2.05) is 66.7 Å². The van der Waals surface area contributed by atoms with Crippen LogP contribution in [0, 0.1) is 0 Å². The van der Waals surface area contributed by atoms with Gasteiger partial charge in [-0.1, -0.05) is 54.6 Å². The van der Waals surface area contributed by atoms with Crippen LogP contribution in [0.25, 0.3) is 11.0 Å². The number of fused-ring (bicyclic) bond motifs is 1. The van der Waals surface area contributed by atoms with E-state index in [4.69, 9.17) is 0 Å². The molecule has 2 N–H and O–H groups in total. The quantitative estimate of drug-likeness (QED) is 0.504. The molecule has 0 atom stereocenters. The third-order valence-corrected chi connectivity index (χ3v) is 4.87. The number of carbonyl (C=O) groups excluding carboxylic acids is 1.